The van der Waals surface area contributed by atoms with E-state index in [9.17, 15) is 4.79 Å². The normalized spacial score (nSPS) is 16.6. The van der Waals surface area contributed by atoms with Crippen LogP contribution in [0.4, 0.5) is 5.69 Å². The van der Waals surface area contributed by atoms with E-state index in [1.807, 2.05) is 54.6 Å². The van der Waals surface area contributed by atoms with E-state index < -0.39 is 0 Å². The zero-order chi connectivity index (χ0) is 13.5. The van der Waals surface area contributed by atoms with Crippen LogP contribution >= 0.6 is 0 Å². The summed E-state index contributed by atoms with van der Waals surface area (Å²) in [5, 5.41) is 5.57. The van der Waals surface area contributed by atoms with Crippen LogP contribution in [0.1, 0.15) is 22.0 Å². The van der Waals surface area contributed by atoms with Crippen molar-refractivity contribution in [3.8, 4) is 0 Å². The molecule has 0 radical (unpaired) electrons. The molecule has 0 spiro atoms. The standard InChI is InChI=1S/C18H13NO/c20-18-15-11-5-7-12-6-4-10-14(16(12)15)17(18)19-13-8-2-1-3-9-13/h1-11,17,19H. The summed E-state index contributed by atoms with van der Waals surface area (Å²) < 4.78 is 0. The highest BCUT2D eigenvalue weighted by molar-refractivity contribution is 6.18. The number of benzene rings is 3. The van der Waals surface area contributed by atoms with Gasteiger partial charge in [-0.3, -0.25) is 4.79 Å². The minimum absolute atomic E-state index is 0.153. The molecule has 20 heavy (non-hydrogen) atoms. The van der Waals surface area contributed by atoms with Gasteiger partial charge in [0.1, 0.15) is 6.04 Å². The van der Waals surface area contributed by atoms with Gasteiger partial charge in [-0.15, -0.1) is 0 Å². The fourth-order valence-corrected chi connectivity index (χ4v) is 2.96. The fraction of sp³-hybridized carbons (Fsp3) is 0.0556. The summed E-state index contributed by atoms with van der Waals surface area (Å²) in [6, 6.07) is 21.6. The first kappa shape index (κ1) is 11.2. The molecule has 3 aromatic rings. The van der Waals surface area contributed by atoms with Crippen LogP contribution in [-0.2, 0) is 0 Å². The molecule has 1 aliphatic rings. The maximum atomic E-state index is 12.6. The van der Waals surface area contributed by atoms with Gasteiger partial charge in [0, 0.05) is 11.3 Å². The van der Waals surface area contributed by atoms with E-state index in [0.717, 1.165) is 27.6 Å². The van der Waals surface area contributed by atoms with Gasteiger partial charge >= 0.3 is 0 Å². The van der Waals surface area contributed by atoms with Crippen molar-refractivity contribution in [2.24, 2.45) is 0 Å². The lowest BCUT2D eigenvalue weighted by Gasteiger charge is -2.14. The molecule has 0 fully saturated rings. The van der Waals surface area contributed by atoms with Gasteiger partial charge < -0.3 is 5.32 Å². The minimum Gasteiger partial charge on any atom is -0.371 e. The van der Waals surface area contributed by atoms with Gasteiger partial charge in [-0.1, -0.05) is 54.6 Å². The van der Waals surface area contributed by atoms with E-state index in [2.05, 4.69) is 17.4 Å². The largest absolute Gasteiger partial charge is 0.371 e. The molecular weight excluding hydrogens is 246 g/mol. The van der Waals surface area contributed by atoms with Gasteiger partial charge in [0.2, 0.25) is 0 Å². The van der Waals surface area contributed by atoms with Gasteiger partial charge in [0.05, 0.1) is 0 Å². The predicted molar refractivity (Wildman–Crippen MR) is 81.1 cm³/mol. The van der Waals surface area contributed by atoms with Crippen LogP contribution < -0.4 is 5.32 Å². The summed E-state index contributed by atoms with van der Waals surface area (Å²) >= 11 is 0. The SMILES string of the molecule is O=C1c2cccc3cccc(c23)C1Nc1ccccc1. The second-order valence-electron chi connectivity index (χ2n) is 5.06. The van der Waals surface area contributed by atoms with E-state index in [4.69, 9.17) is 0 Å². The minimum atomic E-state index is -0.279. The van der Waals surface area contributed by atoms with Crippen molar-refractivity contribution >= 4 is 22.2 Å². The number of anilines is 1. The number of Topliss-reactive ketones (excluding diaryl/α,β-unsaturated/α-hetero) is 1. The van der Waals surface area contributed by atoms with Crippen LogP contribution in [0.25, 0.3) is 10.8 Å². The average Bonchev–Trinajstić information content (AvgIpc) is 2.77. The van der Waals surface area contributed by atoms with Gasteiger partial charge in [-0.2, -0.15) is 0 Å². The number of para-hydroxylation sites is 1. The van der Waals surface area contributed by atoms with Crippen molar-refractivity contribution in [3.63, 3.8) is 0 Å². The summed E-state index contributed by atoms with van der Waals surface area (Å²) in [5.74, 6) is 0.153. The van der Waals surface area contributed by atoms with Crippen LogP contribution in [0.5, 0.6) is 0 Å². The molecule has 1 aliphatic carbocycles. The third kappa shape index (κ3) is 1.55. The molecular formula is C18H13NO. The zero-order valence-corrected chi connectivity index (χ0v) is 10.8. The molecule has 96 valence electrons. The number of ketones is 1. The molecule has 2 heteroatoms. The van der Waals surface area contributed by atoms with Gasteiger partial charge in [-0.25, -0.2) is 0 Å². The number of rotatable bonds is 2. The summed E-state index contributed by atoms with van der Waals surface area (Å²) in [7, 11) is 0. The molecule has 0 aliphatic heterocycles. The summed E-state index contributed by atoms with van der Waals surface area (Å²) in [6.07, 6.45) is 0. The molecule has 3 aromatic carbocycles. The Morgan fingerprint density at radius 3 is 2.35 bits per heavy atom. The van der Waals surface area contributed by atoms with E-state index in [0.29, 0.717) is 0 Å². The second kappa shape index (κ2) is 4.20. The van der Waals surface area contributed by atoms with Gasteiger partial charge in [0.15, 0.2) is 5.78 Å². The highest BCUT2D eigenvalue weighted by atomic mass is 16.1. The third-order valence-corrected chi connectivity index (χ3v) is 3.86. The molecule has 0 saturated heterocycles. The number of nitrogens with one attached hydrogen (secondary N) is 1. The third-order valence-electron chi connectivity index (χ3n) is 3.86. The van der Waals surface area contributed by atoms with Crippen molar-refractivity contribution in [3.05, 3.63) is 77.9 Å². The number of carbonyl (C=O) groups excluding carboxylic acids is 1. The van der Waals surface area contributed by atoms with Crippen LogP contribution in [0.15, 0.2) is 66.7 Å². The van der Waals surface area contributed by atoms with Crippen LogP contribution in [0.2, 0.25) is 0 Å². The summed E-state index contributed by atoms with van der Waals surface area (Å²) in [4.78, 5) is 12.6. The maximum absolute atomic E-state index is 12.6. The molecule has 0 aromatic heterocycles. The van der Waals surface area contributed by atoms with Crippen LogP contribution in [-0.4, -0.2) is 5.78 Å². The monoisotopic (exact) mass is 259 g/mol. The van der Waals surface area contributed by atoms with Crippen molar-refractivity contribution in [1.82, 2.24) is 0 Å². The first-order chi connectivity index (χ1) is 9.84. The maximum Gasteiger partial charge on any atom is 0.190 e. The summed E-state index contributed by atoms with van der Waals surface area (Å²) in [6.45, 7) is 0. The lowest BCUT2D eigenvalue weighted by atomic mass is 10.0. The molecule has 2 nitrogen and oxygen atoms in total. The van der Waals surface area contributed by atoms with E-state index >= 15 is 0 Å². The van der Waals surface area contributed by atoms with E-state index in [1.54, 1.807) is 0 Å². The van der Waals surface area contributed by atoms with Crippen LogP contribution in [0.3, 0.4) is 0 Å². The Morgan fingerprint density at radius 2 is 1.55 bits per heavy atom. The highest BCUT2D eigenvalue weighted by Gasteiger charge is 2.32. The second-order valence-corrected chi connectivity index (χ2v) is 5.06. The Morgan fingerprint density at radius 1 is 0.800 bits per heavy atom. The smallest absolute Gasteiger partial charge is 0.190 e. The van der Waals surface area contributed by atoms with Gasteiger partial charge in [0.25, 0.3) is 0 Å². The fourth-order valence-electron chi connectivity index (χ4n) is 2.96. The zero-order valence-electron chi connectivity index (χ0n) is 10.8. The predicted octanol–water partition coefficient (Wildman–Crippen LogP) is 4.19. The van der Waals surface area contributed by atoms with Crippen molar-refractivity contribution in [2.45, 2.75) is 6.04 Å². The summed E-state index contributed by atoms with van der Waals surface area (Å²) in [5.41, 5.74) is 2.87. The Balaban J connectivity index is 1.85. The van der Waals surface area contributed by atoms with E-state index in [1.165, 1.54) is 0 Å². The highest BCUT2D eigenvalue weighted by Crippen LogP contribution is 2.38. The topological polar surface area (TPSA) is 29.1 Å². The Hall–Kier alpha value is -2.61. The quantitative estimate of drug-likeness (QED) is 0.747. The molecule has 0 bridgehead atoms. The Kier molecular flexibility index (Phi) is 2.36. The lowest BCUT2D eigenvalue weighted by Crippen LogP contribution is -2.16. The van der Waals surface area contributed by atoms with Crippen molar-refractivity contribution in [2.75, 3.05) is 5.32 Å². The number of hydrogen-bond acceptors (Lipinski definition) is 2. The van der Waals surface area contributed by atoms with Crippen LogP contribution in [0, 0.1) is 0 Å². The first-order valence-electron chi connectivity index (χ1n) is 6.72. The molecule has 0 heterocycles. The molecule has 1 atom stereocenters. The first-order valence-corrected chi connectivity index (χ1v) is 6.72. The molecule has 0 saturated carbocycles. The van der Waals surface area contributed by atoms with Gasteiger partial charge in [-0.05, 0) is 28.5 Å². The van der Waals surface area contributed by atoms with Crippen molar-refractivity contribution in [1.29, 1.82) is 0 Å². The number of carbonyl (C=O) groups is 1. The lowest BCUT2D eigenvalue weighted by molar-refractivity contribution is 0.0977. The van der Waals surface area contributed by atoms with E-state index in [-0.39, 0.29) is 11.8 Å². The molecule has 1 unspecified atom stereocenters. The molecule has 4 rings (SSSR count). The molecule has 0 amide bonds. The molecule has 1 N–H and O–H groups in total. The number of hydrogen-bond donors (Lipinski definition) is 1. The average molecular weight is 259 g/mol. The Labute approximate surface area is 117 Å². The Bertz CT molecular complexity index is 803. The van der Waals surface area contributed by atoms with Crippen molar-refractivity contribution < 1.29 is 4.79 Å².